The topological polar surface area (TPSA) is 51.3 Å². The molecule has 17 heavy (non-hydrogen) atoms. The Balaban J connectivity index is 2.29. The number of ether oxygens (including phenoxy) is 2. The number of aromatic nitrogens is 1. The Bertz CT molecular complexity index is 528. The van der Waals surface area contributed by atoms with Crippen LogP contribution in [0, 0.1) is 5.82 Å². The summed E-state index contributed by atoms with van der Waals surface area (Å²) in [6, 6.07) is 4.17. The number of carbonyl (C=O) groups excluding carboxylic acids is 1. The number of rotatable bonds is 2. The minimum Gasteiger partial charge on any atom is -0.434 e. The predicted octanol–water partition coefficient (Wildman–Crippen LogP) is 3.50. The van der Waals surface area contributed by atoms with Crippen LogP contribution in [0.2, 0.25) is 5.02 Å². The Labute approximate surface area is 101 Å². The molecule has 1 heterocycles. The molecule has 2 rings (SSSR count). The van der Waals surface area contributed by atoms with Crippen molar-refractivity contribution in [3.05, 3.63) is 29.0 Å². The van der Waals surface area contributed by atoms with Crippen molar-refractivity contribution in [1.82, 2.24) is 4.98 Å². The van der Waals surface area contributed by atoms with E-state index in [0.29, 0.717) is 10.9 Å². The second-order valence-corrected chi connectivity index (χ2v) is 3.68. The van der Waals surface area contributed by atoms with Crippen molar-refractivity contribution in [3.63, 3.8) is 0 Å². The van der Waals surface area contributed by atoms with Gasteiger partial charge in [0.1, 0.15) is 5.82 Å². The fourth-order valence-corrected chi connectivity index (χ4v) is 1.56. The summed E-state index contributed by atoms with van der Waals surface area (Å²) in [5.74, 6) is -0.346. The van der Waals surface area contributed by atoms with E-state index in [4.69, 9.17) is 16.3 Å². The van der Waals surface area contributed by atoms with Crippen molar-refractivity contribution in [1.29, 1.82) is 0 Å². The van der Waals surface area contributed by atoms with E-state index in [2.05, 4.69) is 9.72 Å². The first-order valence-electron chi connectivity index (χ1n) is 4.92. The number of carbonyl (C=O) groups is 1. The van der Waals surface area contributed by atoms with Gasteiger partial charge in [-0.25, -0.2) is 9.18 Å². The van der Waals surface area contributed by atoms with Gasteiger partial charge in [0.2, 0.25) is 5.88 Å². The molecular formula is C11H9ClFNO3. The molecule has 0 aliphatic heterocycles. The van der Waals surface area contributed by atoms with Gasteiger partial charge in [0.05, 0.1) is 11.6 Å². The molecule has 1 N–H and O–H groups in total. The SMILES string of the molecule is CCOC(=O)Oc1cc2cc(F)c(Cl)cc2[nH]1. The van der Waals surface area contributed by atoms with Gasteiger partial charge in [-0.2, -0.15) is 0 Å². The third-order valence-corrected chi connectivity index (χ3v) is 2.38. The highest BCUT2D eigenvalue weighted by Crippen LogP contribution is 2.26. The highest BCUT2D eigenvalue weighted by molar-refractivity contribution is 6.31. The van der Waals surface area contributed by atoms with Gasteiger partial charge in [-0.1, -0.05) is 11.6 Å². The number of H-pyrrole nitrogens is 1. The molecule has 0 unspecified atom stereocenters. The van der Waals surface area contributed by atoms with Crippen LogP contribution in [0.15, 0.2) is 18.2 Å². The molecule has 0 aliphatic rings. The van der Waals surface area contributed by atoms with Crippen LogP contribution in [-0.2, 0) is 4.74 Å². The number of nitrogens with one attached hydrogen (secondary N) is 1. The zero-order valence-electron chi connectivity index (χ0n) is 8.92. The quantitative estimate of drug-likeness (QED) is 0.838. The molecule has 0 spiro atoms. The van der Waals surface area contributed by atoms with Gasteiger partial charge in [0.25, 0.3) is 0 Å². The Morgan fingerprint density at radius 2 is 2.24 bits per heavy atom. The summed E-state index contributed by atoms with van der Waals surface area (Å²) in [7, 11) is 0. The lowest BCUT2D eigenvalue weighted by Gasteiger charge is -1.99. The fourth-order valence-electron chi connectivity index (χ4n) is 1.39. The Kier molecular flexibility index (Phi) is 3.19. The molecule has 0 saturated carbocycles. The Hall–Kier alpha value is -1.75. The maximum Gasteiger partial charge on any atom is 0.515 e. The van der Waals surface area contributed by atoms with Crippen molar-refractivity contribution >= 4 is 28.7 Å². The van der Waals surface area contributed by atoms with E-state index in [-0.39, 0.29) is 17.5 Å². The van der Waals surface area contributed by atoms with E-state index in [1.807, 2.05) is 0 Å². The average molecular weight is 258 g/mol. The standard InChI is InChI=1S/C11H9ClFNO3/c1-2-16-11(15)17-10-4-6-3-8(13)7(12)5-9(6)14-10/h3-5,14H,2H2,1H3. The first kappa shape index (κ1) is 11.7. The molecule has 0 amide bonds. The zero-order chi connectivity index (χ0) is 12.4. The molecule has 90 valence electrons. The lowest BCUT2D eigenvalue weighted by atomic mass is 10.2. The molecule has 6 heteroatoms. The molecular weight excluding hydrogens is 249 g/mol. The number of benzene rings is 1. The van der Waals surface area contributed by atoms with Crippen molar-refractivity contribution in [2.75, 3.05) is 6.61 Å². The third kappa shape index (κ3) is 2.50. The van der Waals surface area contributed by atoms with Gasteiger partial charge in [-0.15, -0.1) is 0 Å². The van der Waals surface area contributed by atoms with E-state index in [9.17, 15) is 9.18 Å². The van der Waals surface area contributed by atoms with Crippen molar-refractivity contribution in [2.24, 2.45) is 0 Å². The smallest absolute Gasteiger partial charge is 0.434 e. The fraction of sp³-hybridized carbons (Fsp3) is 0.182. The van der Waals surface area contributed by atoms with Crippen LogP contribution >= 0.6 is 11.6 Å². The summed E-state index contributed by atoms with van der Waals surface area (Å²) in [5, 5.41) is 0.563. The minimum atomic E-state index is -0.814. The lowest BCUT2D eigenvalue weighted by Crippen LogP contribution is -2.09. The second kappa shape index (κ2) is 4.63. The van der Waals surface area contributed by atoms with Crippen molar-refractivity contribution < 1.29 is 18.7 Å². The highest BCUT2D eigenvalue weighted by Gasteiger charge is 2.10. The largest absolute Gasteiger partial charge is 0.515 e. The van der Waals surface area contributed by atoms with Gasteiger partial charge >= 0.3 is 6.16 Å². The van der Waals surface area contributed by atoms with Crippen LogP contribution in [0.3, 0.4) is 0 Å². The lowest BCUT2D eigenvalue weighted by molar-refractivity contribution is 0.103. The molecule has 4 nitrogen and oxygen atoms in total. The molecule has 0 bridgehead atoms. The van der Waals surface area contributed by atoms with E-state index >= 15 is 0 Å². The number of aromatic amines is 1. The highest BCUT2D eigenvalue weighted by atomic mass is 35.5. The van der Waals surface area contributed by atoms with Crippen LogP contribution in [0.25, 0.3) is 10.9 Å². The summed E-state index contributed by atoms with van der Waals surface area (Å²) < 4.78 is 22.6. The third-order valence-electron chi connectivity index (χ3n) is 2.09. The number of hydrogen-bond acceptors (Lipinski definition) is 3. The van der Waals surface area contributed by atoms with Crippen LogP contribution in [0.4, 0.5) is 9.18 Å². The second-order valence-electron chi connectivity index (χ2n) is 3.27. The summed E-state index contributed by atoms with van der Waals surface area (Å²) in [5.41, 5.74) is 0.579. The van der Waals surface area contributed by atoms with E-state index < -0.39 is 12.0 Å². The van der Waals surface area contributed by atoms with Gasteiger partial charge in [-0.05, 0) is 19.1 Å². The zero-order valence-corrected chi connectivity index (χ0v) is 9.68. The van der Waals surface area contributed by atoms with Crippen LogP contribution in [0.1, 0.15) is 6.92 Å². The van der Waals surface area contributed by atoms with Gasteiger partial charge in [0, 0.05) is 17.0 Å². The first-order chi connectivity index (χ1) is 8.10. The van der Waals surface area contributed by atoms with E-state index in [0.717, 1.165) is 0 Å². The first-order valence-corrected chi connectivity index (χ1v) is 5.30. The Morgan fingerprint density at radius 3 is 2.94 bits per heavy atom. The summed E-state index contributed by atoms with van der Waals surface area (Å²) in [6.07, 6.45) is -0.814. The minimum absolute atomic E-state index is 0.00188. The number of halogens is 2. The van der Waals surface area contributed by atoms with Crippen LogP contribution in [-0.4, -0.2) is 17.7 Å². The number of fused-ring (bicyclic) bond motifs is 1. The maximum absolute atomic E-state index is 13.2. The van der Waals surface area contributed by atoms with Gasteiger partial charge in [0.15, 0.2) is 0 Å². The molecule has 2 aromatic rings. The summed E-state index contributed by atoms with van der Waals surface area (Å²) in [4.78, 5) is 13.8. The number of hydrogen-bond donors (Lipinski definition) is 1. The summed E-state index contributed by atoms with van der Waals surface area (Å²) in [6.45, 7) is 1.89. The monoisotopic (exact) mass is 257 g/mol. The van der Waals surface area contributed by atoms with Crippen molar-refractivity contribution in [2.45, 2.75) is 6.92 Å². The normalized spacial score (nSPS) is 10.5. The maximum atomic E-state index is 13.2. The Morgan fingerprint density at radius 1 is 1.47 bits per heavy atom. The molecule has 1 aromatic heterocycles. The van der Waals surface area contributed by atoms with Crippen LogP contribution in [0.5, 0.6) is 5.88 Å². The molecule has 0 aliphatic carbocycles. The van der Waals surface area contributed by atoms with E-state index in [1.54, 1.807) is 6.92 Å². The van der Waals surface area contributed by atoms with Crippen molar-refractivity contribution in [3.8, 4) is 5.88 Å². The molecule has 1 aromatic carbocycles. The van der Waals surface area contributed by atoms with Crippen LogP contribution < -0.4 is 4.74 Å². The summed E-state index contributed by atoms with van der Waals surface area (Å²) >= 11 is 5.62. The molecule has 0 atom stereocenters. The molecule has 0 fully saturated rings. The van der Waals surface area contributed by atoms with E-state index in [1.165, 1.54) is 18.2 Å². The predicted molar refractivity (Wildman–Crippen MR) is 60.9 cm³/mol. The molecule has 0 radical (unpaired) electrons. The van der Waals surface area contributed by atoms with Gasteiger partial charge < -0.3 is 14.5 Å². The van der Waals surface area contributed by atoms with Gasteiger partial charge in [-0.3, -0.25) is 0 Å². The molecule has 0 saturated heterocycles. The average Bonchev–Trinajstić information content (AvgIpc) is 2.60.